The molecule has 1 aromatic rings. The zero-order chi connectivity index (χ0) is 21.3. The molecule has 2 aliphatic heterocycles. The fourth-order valence-corrected chi connectivity index (χ4v) is 3.46. The normalized spacial score (nSPS) is 21.6. The van der Waals surface area contributed by atoms with Gasteiger partial charge in [0, 0.05) is 26.7 Å². The minimum absolute atomic E-state index is 0.0312. The van der Waals surface area contributed by atoms with E-state index in [0.29, 0.717) is 60.2 Å². The molecule has 0 radical (unpaired) electrons. The van der Waals surface area contributed by atoms with E-state index in [0.717, 1.165) is 0 Å². The van der Waals surface area contributed by atoms with Crippen LogP contribution in [-0.4, -0.2) is 72.1 Å². The summed E-state index contributed by atoms with van der Waals surface area (Å²) >= 11 is 0. The third-order valence-electron chi connectivity index (χ3n) is 5.13. The van der Waals surface area contributed by atoms with E-state index in [9.17, 15) is 14.0 Å². The lowest BCUT2D eigenvalue weighted by Crippen LogP contribution is -2.54. The topological polar surface area (TPSA) is 96.2 Å². The summed E-state index contributed by atoms with van der Waals surface area (Å²) in [6.07, 6.45) is 3.75. The van der Waals surface area contributed by atoms with E-state index in [1.54, 1.807) is 25.3 Å². The number of alkyl halides is 1. The minimum Gasteiger partial charge on any atom is -0.486 e. The first-order chi connectivity index (χ1) is 14.5. The zero-order valence-corrected chi connectivity index (χ0v) is 16.8. The highest BCUT2D eigenvalue weighted by Crippen LogP contribution is 2.26. The number of hydrogen-bond donors (Lipinski definition) is 1. The molecule has 1 unspecified atom stereocenters. The first-order valence-corrected chi connectivity index (χ1v) is 9.81. The summed E-state index contributed by atoms with van der Waals surface area (Å²) in [6.45, 7) is 3.53. The molecular weight excluding hydrogens is 389 g/mol. The van der Waals surface area contributed by atoms with E-state index < -0.39 is 6.17 Å². The van der Waals surface area contributed by atoms with Crippen molar-refractivity contribution in [2.24, 2.45) is 9.98 Å². The van der Waals surface area contributed by atoms with E-state index in [1.807, 2.05) is 6.92 Å². The molecule has 156 valence electrons. The number of halogens is 1. The number of aromatic nitrogens is 1. The van der Waals surface area contributed by atoms with Gasteiger partial charge in [-0.1, -0.05) is 6.92 Å². The van der Waals surface area contributed by atoms with E-state index in [4.69, 9.17) is 4.74 Å². The molecule has 1 saturated heterocycles. The lowest BCUT2D eigenvalue weighted by molar-refractivity contribution is -0.111. The van der Waals surface area contributed by atoms with Gasteiger partial charge in [-0.05, 0) is 36.3 Å². The maximum atomic E-state index is 14.6. The van der Waals surface area contributed by atoms with Crippen LogP contribution in [0.25, 0.3) is 0 Å². The van der Waals surface area contributed by atoms with Crippen molar-refractivity contribution in [1.29, 1.82) is 0 Å². The third kappa shape index (κ3) is 4.06. The molecule has 2 amide bonds. The zero-order valence-electron chi connectivity index (χ0n) is 16.8. The Morgan fingerprint density at radius 1 is 1.33 bits per heavy atom. The maximum Gasteiger partial charge on any atom is 0.291 e. The Balaban J connectivity index is 1.31. The quantitative estimate of drug-likeness (QED) is 0.765. The number of allylic oxidation sites excluding steroid dienone is 2. The van der Waals surface area contributed by atoms with Crippen molar-refractivity contribution in [2.75, 3.05) is 26.7 Å². The molecule has 0 spiro atoms. The van der Waals surface area contributed by atoms with Gasteiger partial charge in [0.05, 0.1) is 17.6 Å². The largest absolute Gasteiger partial charge is 0.486 e. The molecule has 1 atom stereocenters. The Labute approximate surface area is 173 Å². The van der Waals surface area contributed by atoms with E-state index >= 15 is 0 Å². The van der Waals surface area contributed by atoms with Crippen LogP contribution < -0.4 is 10.1 Å². The van der Waals surface area contributed by atoms with Gasteiger partial charge in [0.1, 0.15) is 29.4 Å². The number of pyridine rings is 1. The SMILES string of the molecule is CCC1=NC2=CC(F)C(CN3CC(Oc4ccc(C(=O)NC)nc4)C3)=CC2=NC1=O. The van der Waals surface area contributed by atoms with Gasteiger partial charge in [-0.15, -0.1) is 0 Å². The molecule has 1 aliphatic carbocycles. The van der Waals surface area contributed by atoms with Crippen LogP contribution in [0.1, 0.15) is 23.8 Å². The lowest BCUT2D eigenvalue weighted by Gasteiger charge is -2.40. The fourth-order valence-electron chi connectivity index (χ4n) is 3.46. The van der Waals surface area contributed by atoms with Gasteiger partial charge in [-0.25, -0.2) is 19.4 Å². The number of fused-ring (bicyclic) bond motifs is 1. The molecule has 0 saturated carbocycles. The van der Waals surface area contributed by atoms with Gasteiger partial charge in [-0.2, -0.15) is 0 Å². The fraction of sp³-hybridized carbons (Fsp3) is 0.381. The summed E-state index contributed by atoms with van der Waals surface area (Å²) in [5.74, 6) is -0.0261. The van der Waals surface area contributed by atoms with Crippen LogP contribution >= 0.6 is 0 Å². The maximum absolute atomic E-state index is 14.6. The second-order valence-corrected chi connectivity index (χ2v) is 7.28. The Bertz CT molecular complexity index is 990. The number of nitrogens with one attached hydrogen (secondary N) is 1. The second-order valence-electron chi connectivity index (χ2n) is 7.28. The van der Waals surface area contributed by atoms with Gasteiger partial charge in [0.15, 0.2) is 0 Å². The highest BCUT2D eigenvalue weighted by atomic mass is 19.1. The second kappa shape index (κ2) is 8.27. The summed E-state index contributed by atoms with van der Waals surface area (Å²) < 4.78 is 20.4. The first-order valence-electron chi connectivity index (χ1n) is 9.81. The number of likely N-dealkylation sites (tertiary alicyclic amines) is 1. The summed E-state index contributed by atoms with van der Waals surface area (Å²) in [5, 5.41) is 2.51. The molecule has 4 rings (SSSR count). The molecule has 1 N–H and O–H groups in total. The van der Waals surface area contributed by atoms with Crippen molar-refractivity contribution in [3.05, 3.63) is 47.4 Å². The number of ether oxygens (including phenoxy) is 1. The number of amides is 2. The molecule has 0 aromatic carbocycles. The average molecular weight is 411 g/mol. The number of nitrogens with zero attached hydrogens (tertiary/aromatic N) is 4. The number of aliphatic imine (C=N–C) groups is 2. The van der Waals surface area contributed by atoms with Gasteiger partial charge >= 0.3 is 0 Å². The van der Waals surface area contributed by atoms with Crippen molar-refractivity contribution in [1.82, 2.24) is 15.2 Å². The number of carbonyl (C=O) groups excluding carboxylic acids is 2. The van der Waals surface area contributed by atoms with Gasteiger partial charge in [0.25, 0.3) is 11.8 Å². The number of carbonyl (C=O) groups is 2. The summed E-state index contributed by atoms with van der Waals surface area (Å²) in [7, 11) is 1.55. The Kier molecular flexibility index (Phi) is 5.54. The first kappa shape index (κ1) is 20.1. The van der Waals surface area contributed by atoms with Crippen LogP contribution in [-0.2, 0) is 4.79 Å². The van der Waals surface area contributed by atoms with Crippen LogP contribution in [0.2, 0.25) is 0 Å². The monoisotopic (exact) mass is 411 g/mol. The molecule has 8 nitrogen and oxygen atoms in total. The van der Waals surface area contributed by atoms with Crippen LogP contribution in [0.3, 0.4) is 0 Å². The highest BCUT2D eigenvalue weighted by Gasteiger charge is 2.32. The number of hydrogen-bond acceptors (Lipinski definition) is 6. The van der Waals surface area contributed by atoms with Gasteiger partial charge < -0.3 is 10.1 Å². The molecule has 0 bridgehead atoms. The van der Waals surface area contributed by atoms with E-state index in [2.05, 4.69) is 25.2 Å². The van der Waals surface area contributed by atoms with E-state index in [1.165, 1.54) is 12.3 Å². The summed E-state index contributed by atoms with van der Waals surface area (Å²) in [6, 6.07) is 3.31. The molecule has 30 heavy (non-hydrogen) atoms. The third-order valence-corrected chi connectivity index (χ3v) is 5.13. The Hall–Kier alpha value is -3.20. The van der Waals surface area contributed by atoms with Crippen molar-refractivity contribution >= 4 is 23.2 Å². The molecule has 3 heterocycles. The van der Waals surface area contributed by atoms with Crippen molar-refractivity contribution < 1.29 is 18.7 Å². The smallest absolute Gasteiger partial charge is 0.291 e. The standard InChI is InChI=1S/C21H22FN5O3/c1-3-16-21(29)26-18-6-12(15(22)7-19(18)25-16)9-27-10-14(11-27)30-13-4-5-17(24-8-13)20(28)23-2/h4-8,14-15H,3,9-11H2,1-2H3,(H,23,28). The summed E-state index contributed by atoms with van der Waals surface area (Å²) in [4.78, 5) is 37.8. The van der Waals surface area contributed by atoms with E-state index in [-0.39, 0.29) is 17.9 Å². The molecule has 3 aliphatic rings. The average Bonchev–Trinajstić information content (AvgIpc) is 2.72. The molecular formula is C21H22FN5O3. The predicted octanol–water partition coefficient (Wildman–Crippen LogP) is 1.50. The van der Waals surface area contributed by atoms with Crippen LogP contribution in [0.5, 0.6) is 5.75 Å². The van der Waals surface area contributed by atoms with Gasteiger partial charge in [0.2, 0.25) is 0 Å². The van der Waals surface area contributed by atoms with Crippen LogP contribution in [0, 0.1) is 0 Å². The lowest BCUT2D eigenvalue weighted by atomic mass is 9.97. The molecule has 1 fully saturated rings. The van der Waals surface area contributed by atoms with Crippen LogP contribution in [0.4, 0.5) is 4.39 Å². The highest BCUT2D eigenvalue weighted by molar-refractivity contribution is 6.44. The van der Waals surface area contributed by atoms with Crippen molar-refractivity contribution in [3.63, 3.8) is 0 Å². The Morgan fingerprint density at radius 2 is 2.13 bits per heavy atom. The summed E-state index contributed by atoms with van der Waals surface area (Å²) in [5.41, 5.74) is 2.09. The van der Waals surface area contributed by atoms with Crippen molar-refractivity contribution in [2.45, 2.75) is 25.6 Å². The predicted molar refractivity (Wildman–Crippen MR) is 110 cm³/mol. The van der Waals surface area contributed by atoms with Gasteiger partial charge in [-0.3, -0.25) is 14.5 Å². The minimum atomic E-state index is -1.25. The molecule has 1 aromatic heterocycles. The van der Waals surface area contributed by atoms with Crippen molar-refractivity contribution in [3.8, 4) is 5.75 Å². The molecule has 9 heteroatoms. The van der Waals surface area contributed by atoms with Crippen LogP contribution in [0.15, 0.2) is 51.7 Å². The Morgan fingerprint density at radius 3 is 2.80 bits per heavy atom. The number of rotatable bonds is 6.